The molecule has 0 bridgehead atoms. The van der Waals surface area contributed by atoms with Crippen molar-refractivity contribution >= 4 is 27.6 Å². The van der Waals surface area contributed by atoms with Gasteiger partial charge in [-0.05, 0) is 80.3 Å². The highest BCUT2D eigenvalue weighted by Gasteiger charge is 2.09. The van der Waals surface area contributed by atoms with Crippen LogP contribution in [0, 0.1) is 27.7 Å². The summed E-state index contributed by atoms with van der Waals surface area (Å²) in [5, 5.41) is 5.84. The molecular weight excluding hydrogens is 414 g/mol. The number of benzene rings is 2. The number of hydrogen-bond donors (Lipinski definition) is 2. The molecule has 0 saturated heterocycles. The fraction of sp³-hybridized carbons (Fsp3) is 0.261. The van der Waals surface area contributed by atoms with Gasteiger partial charge in [0.1, 0.15) is 0 Å². The van der Waals surface area contributed by atoms with Gasteiger partial charge in [-0.3, -0.25) is 0 Å². The maximum Gasteiger partial charge on any atom is 0.319 e. The summed E-state index contributed by atoms with van der Waals surface area (Å²) in [5.74, 6) is 0. The maximum atomic E-state index is 12.3. The Kier molecular flexibility index (Phi) is 6.25. The first-order valence-electron chi connectivity index (χ1n) is 9.35. The average Bonchev–Trinajstić information content (AvgIpc) is 3.06. The molecule has 1 heterocycles. The van der Waals surface area contributed by atoms with E-state index in [1.165, 1.54) is 22.3 Å². The van der Waals surface area contributed by atoms with Crippen molar-refractivity contribution in [3.05, 3.63) is 86.6 Å². The van der Waals surface area contributed by atoms with Gasteiger partial charge in [0, 0.05) is 28.6 Å². The number of anilines is 1. The molecule has 1 aromatic heterocycles. The number of aromatic nitrogens is 1. The number of carbonyl (C=O) groups excluding carboxylic acids is 1. The van der Waals surface area contributed by atoms with E-state index in [0.29, 0.717) is 6.54 Å². The third-order valence-corrected chi connectivity index (χ3v) is 5.83. The molecule has 0 aliphatic heterocycles. The summed E-state index contributed by atoms with van der Waals surface area (Å²) in [7, 11) is 0. The molecule has 2 amide bonds. The molecule has 3 aromatic rings. The van der Waals surface area contributed by atoms with E-state index in [1.807, 2.05) is 37.3 Å². The molecule has 0 atom stereocenters. The Labute approximate surface area is 175 Å². The summed E-state index contributed by atoms with van der Waals surface area (Å²) in [6.07, 6.45) is 2.06. The molecule has 4 nitrogen and oxygen atoms in total. The summed E-state index contributed by atoms with van der Waals surface area (Å²) in [4.78, 5) is 12.3. The lowest BCUT2D eigenvalue weighted by molar-refractivity contribution is 0.251. The highest BCUT2D eigenvalue weighted by Crippen LogP contribution is 2.20. The third-order valence-electron chi connectivity index (χ3n) is 4.94. The van der Waals surface area contributed by atoms with Crippen LogP contribution in [0.5, 0.6) is 0 Å². The van der Waals surface area contributed by atoms with Gasteiger partial charge >= 0.3 is 6.03 Å². The highest BCUT2D eigenvalue weighted by molar-refractivity contribution is 9.10. The van der Waals surface area contributed by atoms with Gasteiger partial charge in [-0.25, -0.2) is 4.79 Å². The Hall–Kier alpha value is -2.53. The number of carbonyl (C=O) groups is 1. The number of amides is 2. The van der Waals surface area contributed by atoms with Crippen molar-refractivity contribution in [1.82, 2.24) is 9.88 Å². The number of nitrogens with zero attached hydrogens (tertiary/aromatic N) is 1. The van der Waals surface area contributed by atoms with Gasteiger partial charge in [0.25, 0.3) is 0 Å². The lowest BCUT2D eigenvalue weighted by Crippen LogP contribution is -2.29. The van der Waals surface area contributed by atoms with Crippen LogP contribution in [0.15, 0.2) is 53.1 Å². The molecule has 0 unspecified atom stereocenters. The standard InChI is InChI=1S/C23H26BrN3O/c1-15-10-16(2)21(17(3)11-15)14-27-9-5-6-20(27)13-25-23(28)26-19-7-8-22(24)18(4)12-19/h5-12H,13-14H2,1-4H3,(H2,25,26,28). The van der Waals surface area contributed by atoms with Crippen molar-refractivity contribution in [2.24, 2.45) is 0 Å². The van der Waals surface area contributed by atoms with Crippen LogP contribution in [0.3, 0.4) is 0 Å². The summed E-state index contributed by atoms with van der Waals surface area (Å²) < 4.78 is 3.22. The minimum absolute atomic E-state index is 0.211. The van der Waals surface area contributed by atoms with Gasteiger partial charge < -0.3 is 15.2 Å². The lowest BCUT2D eigenvalue weighted by Gasteiger charge is -2.15. The van der Waals surface area contributed by atoms with Gasteiger partial charge in [0.15, 0.2) is 0 Å². The smallest absolute Gasteiger partial charge is 0.319 e. The quantitative estimate of drug-likeness (QED) is 0.513. The summed E-state index contributed by atoms with van der Waals surface area (Å²) >= 11 is 3.47. The van der Waals surface area contributed by atoms with E-state index in [1.54, 1.807) is 0 Å². The van der Waals surface area contributed by atoms with E-state index in [9.17, 15) is 4.79 Å². The highest BCUT2D eigenvalue weighted by atomic mass is 79.9. The van der Waals surface area contributed by atoms with Crippen LogP contribution in [-0.4, -0.2) is 10.6 Å². The second-order valence-corrected chi connectivity index (χ2v) is 8.13. The first-order valence-corrected chi connectivity index (χ1v) is 10.1. The SMILES string of the molecule is Cc1cc(C)c(Cn2cccc2CNC(=O)Nc2ccc(Br)c(C)c2)c(C)c1. The van der Waals surface area contributed by atoms with Crippen LogP contribution in [0.1, 0.15) is 33.5 Å². The zero-order chi connectivity index (χ0) is 20.3. The second-order valence-electron chi connectivity index (χ2n) is 7.28. The second kappa shape index (κ2) is 8.65. The molecule has 0 radical (unpaired) electrons. The Bertz CT molecular complexity index is 984. The van der Waals surface area contributed by atoms with Crippen LogP contribution in [0.2, 0.25) is 0 Å². The largest absolute Gasteiger partial charge is 0.345 e. The molecule has 0 aliphatic carbocycles. The fourth-order valence-corrected chi connectivity index (χ4v) is 3.71. The zero-order valence-corrected chi connectivity index (χ0v) is 18.4. The molecule has 3 rings (SSSR count). The number of nitrogens with one attached hydrogen (secondary N) is 2. The predicted molar refractivity (Wildman–Crippen MR) is 119 cm³/mol. The molecule has 5 heteroatoms. The molecule has 0 spiro atoms. The van der Waals surface area contributed by atoms with Gasteiger partial charge in [-0.2, -0.15) is 0 Å². The van der Waals surface area contributed by atoms with Gasteiger partial charge in [-0.15, -0.1) is 0 Å². The van der Waals surface area contributed by atoms with Crippen molar-refractivity contribution in [1.29, 1.82) is 0 Å². The summed E-state index contributed by atoms with van der Waals surface area (Å²) in [5.41, 5.74) is 8.14. The maximum absolute atomic E-state index is 12.3. The van der Waals surface area contributed by atoms with Gasteiger partial charge in [0.2, 0.25) is 0 Å². The monoisotopic (exact) mass is 439 g/mol. The van der Waals surface area contributed by atoms with E-state index in [-0.39, 0.29) is 6.03 Å². The molecule has 2 N–H and O–H groups in total. The van der Waals surface area contributed by atoms with Crippen LogP contribution >= 0.6 is 15.9 Å². The van der Waals surface area contributed by atoms with E-state index in [4.69, 9.17) is 0 Å². The minimum Gasteiger partial charge on any atom is -0.345 e. The Morgan fingerprint density at radius 2 is 1.71 bits per heavy atom. The van der Waals surface area contributed by atoms with Crippen molar-refractivity contribution < 1.29 is 4.79 Å². The predicted octanol–water partition coefficient (Wildman–Crippen LogP) is 5.85. The van der Waals surface area contributed by atoms with Crippen molar-refractivity contribution in [2.45, 2.75) is 40.8 Å². The van der Waals surface area contributed by atoms with Crippen molar-refractivity contribution in [2.75, 3.05) is 5.32 Å². The molecule has 0 saturated carbocycles. The van der Waals surface area contributed by atoms with E-state index >= 15 is 0 Å². The van der Waals surface area contributed by atoms with E-state index < -0.39 is 0 Å². The lowest BCUT2D eigenvalue weighted by atomic mass is 10.00. The third kappa shape index (κ3) is 4.84. The Morgan fingerprint density at radius 1 is 1.00 bits per heavy atom. The van der Waals surface area contributed by atoms with E-state index in [2.05, 4.69) is 70.2 Å². The zero-order valence-electron chi connectivity index (χ0n) is 16.8. The Morgan fingerprint density at radius 3 is 2.39 bits per heavy atom. The summed E-state index contributed by atoms with van der Waals surface area (Å²) in [6, 6.07) is 14.0. The number of urea groups is 1. The normalized spacial score (nSPS) is 10.8. The first kappa shape index (κ1) is 20.2. The van der Waals surface area contributed by atoms with E-state index in [0.717, 1.165) is 28.0 Å². The molecular formula is C23H26BrN3O. The van der Waals surface area contributed by atoms with Crippen LogP contribution < -0.4 is 10.6 Å². The molecule has 0 fully saturated rings. The minimum atomic E-state index is -0.211. The van der Waals surface area contributed by atoms with Crippen molar-refractivity contribution in [3.63, 3.8) is 0 Å². The molecule has 28 heavy (non-hydrogen) atoms. The molecule has 146 valence electrons. The fourth-order valence-electron chi connectivity index (χ4n) is 3.46. The van der Waals surface area contributed by atoms with Gasteiger partial charge in [-0.1, -0.05) is 33.6 Å². The molecule has 0 aliphatic rings. The van der Waals surface area contributed by atoms with Crippen LogP contribution in [-0.2, 0) is 13.1 Å². The van der Waals surface area contributed by atoms with Crippen LogP contribution in [0.4, 0.5) is 10.5 Å². The number of hydrogen-bond acceptors (Lipinski definition) is 1. The molecule has 2 aromatic carbocycles. The topological polar surface area (TPSA) is 46.1 Å². The van der Waals surface area contributed by atoms with Gasteiger partial charge in [0.05, 0.1) is 6.54 Å². The number of aryl methyl sites for hydroxylation is 4. The number of rotatable bonds is 5. The Balaban J connectivity index is 1.64. The van der Waals surface area contributed by atoms with Crippen molar-refractivity contribution in [3.8, 4) is 0 Å². The van der Waals surface area contributed by atoms with Crippen LogP contribution in [0.25, 0.3) is 0 Å². The summed E-state index contributed by atoms with van der Waals surface area (Å²) in [6.45, 7) is 9.71. The average molecular weight is 440 g/mol. The first-order chi connectivity index (χ1) is 13.3. The number of halogens is 1.